The van der Waals surface area contributed by atoms with Gasteiger partial charge in [-0.05, 0) is 49.9 Å². The van der Waals surface area contributed by atoms with Crippen molar-refractivity contribution in [2.24, 2.45) is 13.0 Å². The van der Waals surface area contributed by atoms with Gasteiger partial charge in [-0.25, -0.2) is 0 Å². The molecule has 0 N–H and O–H groups in total. The highest BCUT2D eigenvalue weighted by Crippen LogP contribution is 2.24. The zero-order valence-corrected chi connectivity index (χ0v) is 17.4. The summed E-state index contributed by atoms with van der Waals surface area (Å²) in [5.41, 5.74) is 2.62. The summed E-state index contributed by atoms with van der Waals surface area (Å²) >= 11 is 0. The Morgan fingerprint density at radius 2 is 1.86 bits per heavy atom. The molecule has 2 fully saturated rings. The van der Waals surface area contributed by atoms with Crippen LogP contribution in [0.15, 0.2) is 30.3 Å². The number of nitrogens with zero attached hydrogens (tertiary/aromatic N) is 4. The van der Waals surface area contributed by atoms with E-state index in [9.17, 15) is 4.79 Å². The van der Waals surface area contributed by atoms with Crippen LogP contribution in [0.25, 0.3) is 10.9 Å². The van der Waals surface area contributed by atoms with E-state index in [-0.39, 0.29) is 5.92 Å². The maximum atomic E-state index is 13.1. The van der Waals surface area contributed by atoms with E-state index in [0.717, 1.165) is 65.2 Å². The Labute approximate surface area is 168 Å². The van der Waals surface area contributed by atoms with E-state index in [4.69, 9.17) is 0 Å². The highest BCUT2D eigenvalue weighted by Gasteiger charge is 2.31. The SMILES string of the molecule is CCCN1CCN(C(=O)C2CCCN(Cc3cc4ccccc4n3C)C2)CC1. The van der Waals surface area contributed by atoms with Crippen LogP contribution >= 0.6 is 0 Å². The van der Waals surface area contributed by atoms with Crippen LogP contribution in [0.3, 0.4) is 0 Å². The fourth-order valence-electron chi connectivity index (χ4n) is 4.89. The van der Waals surface area contributed by atoms with Crippen LogP contribution in [-0.4, -0.2) is 71.0 Å². The Morgan fingerprint density at radius 3 is 2.61 bits per heavy atom. The van der Waals surface area contributed by atoms with Crippen LogP contribution in [0.5, 0.6) is 0 Å². The number of aryl methyl sites for hydroxylation is 1. The summed E-state index contributed by atoms with van der Waals surface area (Å²) in [4.78, 5) is 20.2. The van der Waals surface area contributed by atoms with Gasteiger partial charge in [-0.3, -0.25) is 14.6 Å². The summed E-state index contributed by atoms with van der Waals surface area (Å²) in [5, 5.41) is 1.30. The minimum Gasteiger partial charge on any atom is -0.346 e. The number of carbonyl (C=O) groups is 1. The molecule has 1 aromatic carbocycles. The number of carbonyl (C=O) groups excluding carboxylic acids is 1. The summed E-state index contributed by atoms with van der Waals surface area (Å²) in [6, 6.07) is 10.9. The van der Waals surface area contributed by atoms with Crippen molar-refractivity contribution in [3.63, 3.8) is 0 Å². The molecule has 1 amide bonds. The lowest BCUT2D eigenvalue weighted by atomic mass is 9.96. The van der Waals surface area contributed by atoms with Crippen LogP contribution in [0.1, 0.15) is 31.9 Å². The van der Waals surface area contributed by atoms with Crippen LogP contribution in [0.4, 0.5) is 0 Å². The Balaban J connectivity index is 1.36. The van der Waals surface area contributed by atoms with Gasteiger partial charge in [0.1, 0.15) is 0 Å². The molecular weight excluding hydrogens is 348 g/mol. The van der Waals surface area contributed by atoms with Gasteiger partial charge in [0.15, 0.2) is 0 Å². The van der Waals surface area contributed by atoms with Crippen molar-refractivity contribution < 1.29 is 4.79 Å². The smallest absolute Gasteiger partial charge is 0.227 e. The van der Waals surface area contributed by atoms with Crippen LogP contribution < -0.4 is 0 Å². The first kappa shape index (κ1) is 19.5. The third kappa shape index (κ3) is 4.11. The Kier molecular flexibility index (Phi) is 6.02. The standard InChI is InChI=1S/C23H34N4O/c1-3-10-25-12-14-27(15-13-25)23(28)20-8-6-11-26(17-20)18-21-16-19-7-4-5-9-22(19)24(21)2/h4-5,7,9,16,20H,3,6,8,10-15,17-18H2,1-2H3. The van der Waals surface area contributed by atoms with Crippen molar-refractivity contribution >= 4 is 16.8 Å². The van der Waals surface area contributed by atoms with Gasteiger partial charge < -0.3 is 9.47 Å². The van der Waals surface area contributed by atoms with Gasteiger partial charge in [-0.2, -0.15) is 0 Å². The molecule has 5 heteroatoms. The number of hydrogen-bond donors (Lipinski definition) is 0. The molecule has 2 aromatic rings. The number of aromatic nitrogens is 1. The number of fused-ring (bicyclic) bond motifs is 1. The molecule has 1 aromatic heterocycles. The first-order valence-corrected chi connectivity index (χ1v) is 10.9. The molecule has 0 saturated carbocycles. The zero-order chi connectivity index (χ0) is 19.5. The van der Waals surface area contributed by atoms with E-state index in [0.29, 0.717) is 5.91 Å². The highest BCUT2D eigenvalue weighted by atomic mass is 16.2. The van der Waals surface area contributed by atoms with Crippen molar-refractivity contribution in [2.75, 3.05) is 45.8 Å². The summed E-state index contributed by atoms with van der Waals surface area (Å²) in [6.07, 6.45) is 3.36. The van der Waals surface area contributed by atoms with Gasteiger partial charge in [0.2, 0.25) is 5.91 Å². The summed E-state index contributed by atoms with van der Waals surface area (Å²) in [7, 11) is 2.15. The minimum absolute atomic E-state index is 0.168. The number of benzene rings is 1. The van der Waals surface area contributed by atoms with Gasteiger partial charge in [-0.1, -0.05) is 25.1 Å². The van der Waals surface area contributed by atoms with E-state index in [1.807, 2.05) is 0 Å². The molecule has 1 unspecified atom stereocenters. The third-order valence-corrected chi connectivity index (χ3v) is 6.52. The van der Waals surface area contributed by atoms with Gasteiger partial charge in [0.25, 0.3) is 0 Å². The molecule has 2 saturated heterocycles. The molecule has 1 atom stereocenters. The second-order valence-electron chi connectivity index (χ2n) is 8.49. The average molecular weight is 383 g/mol. The topological polar surface area (TPSA) is 31.7 Å². The number of piperazine rings is 1. The lowest BCUT2D eigenvalue weighted by molar-refractivity contribution is -0.139. The molecule has 2 aliphatic heterocycles. The number of hydrogen-bond acceptors (Lipinski definition) is 3. The summed E-state index contributed by atoms with van der Waals surface area (Å²) in [6.45, 7) is 10.2. The number of rotatable bonds is 5. The van der Waals surface area contributed by atoms with Gasteiger partial charge >= 0.3 is 0 Å². The van der Waals surface area contributed by atoms with Crippen molar-refractivity contribution in [1.29, 1.82) is 0 Å². The minimum atomic E-state index is 0.168. The van der Waals surface area contributed by atoms with Crippen molar-refractivity contribution in [3.05, 3.63) is 36.0 Å². The molecule has 0 radical (unpaired) electrons. The lowest BCUT2D eigenvalue weighted by Crippen LogP contribution is -2.52. The van der Waals surface area contributed by atoms with Gasteiger partial charge in [0, 0.05) is 57.5 Å². The van der Waals surface area contributed by atoms with E-state index in [1.54, 1.807) is 0 Å². The summed E-state index contributed by atoms with van der Waals surface area (Å²) < 4.78 is 2.30. The molecule has 2 aliphatic rings. The molecule has 0 aliphatic carbocycles. The highest BCUT2D eigenvalue weighted by molar-refractivity contribution is 5.81. The largest absolute Gasteiger partial charge is 0.346 e. The molecule has 0 bridgehead atoms. The predicted molar refractivity (Wildman–Crippen MR) is 114 cm³/mol. The maximum Gasteiger partial charge on any atom is 0.227 e. The molecule has 28 heavy (non-hydrogen) atoms. The Morgan fingerprint density at radius 1 is 1.07 bits per heavy atom. The normalized spacial score (nSPS) is 22.1. The Hall–Kier alpha value is -1.85. The van der Waals surface area contributed by atoms with Crippen LogP contribution in [-0.2, 0) is 18.4 Å². The fraction of sp³-hybridized carbons (Fsp3) is 0.609. The number of piperidine rings is 1. The molecule has 152 valence electrons. The van der Waals surface area contributed by atoms with Crippen molar-refractivity contribution in [3.8, 4) is 0 Å². The first-order valence-electron chi connectivity index (χ1n) is 10.9. The van der Waals surface area contributed by atoms with Gasteiger partial charge in [0.05, 0.1) is 5.92 Å². The number of para-hydroxylation sites is 1. The monoisotopic (exact) mass is 382 g/mol. The quantitative estimate of drug-likeness (QED) is 0.797. The van der Waals surface area contributed by atoms with Crippen LogP contribution in [0, 0.1) is 5.92 Å². The first-order chi connectivity index (χ1) is 13.7. The maximum absolute atomic E-state index is 13.1. The Bertz CT molecular complexity index is 806. The second-order valence-corrected chi connectivity index (χ2v) is 8.49. The predicted octanol–water partition coefficient (Wildman–Crippen LogP) is 2.94. The van der Waals surface area contributed by atoms with E-state index in [1.165, 1.54) is 23.0 Å². The van der Waals surface area contributed by atoms with Gasteiger partial charge in [-0.15, -0.1) is 0 Å². The van der Waals surface area contributed by atoms with E-state index < -0.39 is 0 Å². The van der Waals surface area contributed by atoms with Crippen molar-refractivity contribution in [2.45, 2.75) is 32.7 Å². The molecular formula is C23H34N4O. The summed E-state index contributed by atoms with van der Waals surface area (Å²) in [5.74, 6) is 0.555. The second kappa shape index (κ2) is 8.66. The van der Waals surface area contributed by atoms with E-state index in [2.05, 4.69) is 63.6 Å². The molecule has 5 nitrogen and oxygen atoms in total. The third-order valence-electron chi connectivity index (χ3n) is 6.52. The fourth-order valence-corrected chi connectivity index (χ4v) is 4.89. The van der Waals surface area contributed by atoms with E-state index >= 15 is 0 Å². The molecule has 4 rings (SSSR count). The number of amides is 1. The lowest BCUT2D eigenvalue weighted by Gasteiger charge is -2.39. The number of likely N-dealkylation sites (tertiary alicyclic amines) is 1. The van der Waals surface area contributed by atoms with Crippen LogP contribution in [0.2, 0.25) is 0 Å². The molecule has 3 heterocycles. The average Bonchev–Trinajstić information content (AvgIpc) is 3.04. The zero-order valence-electron chi connectivity index (χ0n) is 17.4. The van der Waals surface area contributed by atoms with Crippen molar-refractivity contribution in [1.82, 2.24) is 19.3 Å². The molecule has 0 spiro atoms.